The summed E-state index contributed by atoms with van der Waals surface area (Å²) in [5, 5.41) is 8.63. The highest BCUT2D eigenvalue weighted by molar-refractivity contribution is 5.92. The molecule has 2 aliphatic heterocycles. The number of pyridine rings is 1. The minimum Gasteiger partial charge on any atom is -0.340 e. The van der Waals surface area contributed by atoms with Gasteiger partial charge < -0.3 is 4.90 Å². The van der Waals surface area contributed by atoms with Crippen LogP contribution in [-0.2, 0) is 6.54 Å². The third-order valence-electron chi connectivity index (χ3n) is 4.97. The van der Waals surface area contributed by atoms with E-state index >= 15 is 0 Å². The zero-order valence-electron chi connectivity index (χ0n) is 14.2. The first-order valence-corrected chi connectivity index (χ1v) is 8.30. The first-order chi connectivity index (χ1) is 12.2. The smallest absolute Gasteiger partial charge is 0.277 e. The van der Waals surface area contributed by atoms with E-state index in [1.165, 1.54) is 18.0 Å². The predicted molar refractivity (Wildman–Crippen MR) is 97.3 cm³/mol. The van der Waals surface area contributed by atoms with E-state index in [1.807, 2.05) is 12.3 Å². The number of halogens is 1. The van der Waals surface area contributed by atoms with Crippen molar-refractivity contribution in [2.75, 3.05) is 31.1 Å². The molecule has 8 nitrogen and oxygen atoms in total. The Kier molecular flexibility index (Phi) is 5.36. The van der Waals surface area contributed by atoms with Crippen molar-refractivity contribution < 1.29 is 10.0 Å². The molecule has 2 N–H and O–H groups in total. The van der Waals surface area contributed by atoms with E-state index in [0.29, 0.717) is 11.4 Å². The SMILES string of the molecule is Cl.O=C(NO)c1cnc(N2CCC3(CN(Cc4cccnc4)C3)C2)nc1. The maximum Gasteiger partial charge on any atom is 0.277 e. The van der Waals surface area contributed by atoms with Crippen molar-refractivity contribution in [3.8, 4) is 0 Å². The fourth-order valence-electron chi connectivity index (χ4n) is 3.79. The maximum absolute atomic E-state index is 11.3. The highest BCUT2D eigenvalue weighted by Crippen LogP contribution is 2.40. The quantitative estimate of drug-likeness (QED) is 0.610. The van der Waals surface area contributed by atoms with Gasteiger partial charge in [-0.15, -0.1) is 12.4 Å². The number of carbonyl (C=O) groups excluding carboxylic acids is 1. The molecule has 1 amide bonds. The molecular weight excluding hydrogens is 356 g/mol. The molecule has 4 rings (SSSR count). The molecule has 0 aromatic carbocycles. The van der Waals surface area contributed by atoms with Crippen LogP contribution in [0.5, 0.6) is 0 Å². The second-order valence-electron chi connectivity index (χ2n) is 6.89. The van der Waals surface area contributed by atoms with Crippen molar-refractivity contribution in [2.45, 2.75) is 13.0 Å². The first kappa shape index (κ1) is 18.5. The van der Waals surface area contributed by atoms with Gasteiger partial charge in [0.15, 0.2) is 0 Å². The molecule has 0 aliphatic carbocycles. The number of hydrogen-bond donors (Lipinski definition) is 2. The molecule has 138 valence electrons. The predicted octanol–water partition coefficient (Wildman–Crippen LogP) is 1.12. The van der Waals surface area contributed by atoms with Gasteiger partial charge in [0.25, 0.3) is 5.91 Å². The summed E-state index contributed by atoms with van der Waals surface area (Å²) >= 11 is 0. The Morgan fingerprint density at radius 3 is 2.65 bits per heavy atom. The van der Waals surface area contributed by atoms with Gasteiger partial charge in [0.1, 0.15) is 0 Å². The van der Waals surface area contributed by atoms with E-state index in [4.69, 9.17) is 5.21 Å². The molecule has 2 saturated heterocycles. The summed E-state index contributed by atoms with van der Waals surface area (Å²) in [5.41, 5.74) is 3.38. The summed E-state index contributed by atoms with van der Waals surface area (Å²) in [7, 11) is 0. The summed E-state index contributed by atoms with van der Waals surface area (Å²) in [6.45, 7) is 4.94. The van der Waals surface area contributed by atoms with Crippen LogP contribution in [0.2, 0.25) is 0 Å². The van der Waals surface area contributed by atoms with Crippen LogP contribution >= 0.6 is 12.4 Å². The average Bonchev–Trinajstić information content (AvgIpc) is 3.07. The number of anilines is 1. The number of hydroxylamine groups is 1. The Labute approximate surface area is 157 Å². The number of aromatic nitrogens is 3. The van der Waals surface area contributed by atoms with Crippen LogP contribution < -0.4 is 10.4 Å². The summed E-state index contributed by atoms with van der Waals surface area (Å²) in [6, 6.07) is 4.08. The monoisotopic (exact) mass is 376 g/mol. The lowest BCUT2D eigenvalue weighted by Gasteiger charge is -2.48. The van der Waals surface area contributed by atoms with Crippen molar-refractivity contribution >= 4 is 24.3 Å². The molecule has 0 bridgehead atoms. The summed E-state index contributed by atoms with van der Waals surface area (Å²) in [6.07, 6.45) is 7.72. The number of nitrogens with one attached hydrogen (secondary N) is 1. The van der Waals surface area contributed by atoms with Gasteiger partial charge in [-0.2, -0.15) is 0 Å². The molecule has 0 atom stereocenters. The minimum absolute atomic E-state index is 0. The van der Waals surface area contributed by atoms with E-state index < -0.39 is 5.91 Å². The lowest BCUT2D eigenvalue weighted by molar-refractivity contribution is 0.0116. The normalized spacial score (nSPS) is 18.3. The van der Waals surface area contributed by atoms with Gasteiger partial charge in [-0.1, -0.05) is 6.07 Å². The number of likely N-dealkylation sites (tertiary alicyclic amines) is 1. The van der Waals surface area contributed by atoms with Crippen LogP contribution in [0.25, 0.3) is 0 Å². The number of hydrogen-bond acceptors (Lipinski definition) is 7. The summed E-state index contributed by atoms with van der Waals surface area (Å²) in [4.78, 5) is 28.6. The first-order valence-electron chi connectivity index (χ1n) is 8.30. The second kappa shape index (κ2) is 7.53. The van der Waals surface area contributed by atoms with Gasteiger partial charge in [0.05, 0.1) is 5.56 Å². The van der Waals surface area contributed by atoms with Crippen molar-refractivity contribution in [1.29, 1.82) is 0 Å². The van der Waals surface area contributed by atoms with Crippen LogP contribution in [0.3, 0.4) is 0 Å². The van der Waals surface area contributed by atoms with Crippen molar-refractivity contribution in [2.24, 2.45) is 5.41 Å². The standard InChI is InChI=1S/C17H20N6O2.ClH/c24-15(21-25)14-7-19-16(20-8-14)23-5-3-17(12-23)10-22(11-17)9-13-2-1-4-18-6-13;/h1-2,4,6-8,25H,3,5,9-12H2,(H,21,24);1H. The van der Waals surface area contributed by atoms with E-state index in [-0.39, 0.29) is 18.0 Å². The Balaban J connectivity index is 0.00000196. The lowest BCUT2D eigenvalue weighted by atomic mass is 9.79. The number of rotatable bonds is 4. The molecular formula is C17H21ClN6O2. The van der Waals surface area contributed by atoms with Gasteiger partial charge in [0, 0.05) is 62.9 Å². The largest absolute Gasteiger partial charge is 0.340 e. The molecule has 0 unspecified atom stereocenters. The molecule has 26 heavy (non-hydrogen) atoms. The van der Waals surface area contributed by atoms with Crippen molar-refractivity contribution in [3.05, 3.63) is 48.0 Å². The topological polar surface area (TPSA) is 94.5 Å². The van der Waals surface area contributed by atoms with Gasteiger partial charge >= 0.3 is 0 Å². The highest BCUT2D eigenvalue weighted by atomic mass is 35.5. The third kappa shape index (κ3) is 3.62. The zero-order chi connectivity index (χ0) is 17.3. The Bertz CT molecular complexity index is 752. The molecule has 9 heteroatoms. The Morgan fingerprint density at radius 2 is 2.00 bits per heavy atom. The number of carbonyl (C=O) groups is 1. The van der Waals surface area contributed by atoms with Crippen LogP contribution in [0.1, 0.15) is 22.3 Å². The van der Waals surface area contributed by atoms with E-state index in [0.717, 1.165) is 39.1 Å². The van der Waals surface area contributed by atoms with Crippen LogP contribution in [0, 0.1) is 5.41 Å². The Hall–Kier alpha value is -2.29. The molecule has 4 heterocycles. The Morgan fingerprint density at radius 1 is 1.23 bits per heavy atom. The molecule has 0 radical (unpaired) electrons. The molecule has 0 saturated carbocycles. The minimum atomic E-state index is -0.602. The summed E-state index contributed by atoms with van der Waals surface area (Å²) < 4.78 is 0. The number of amides is 1. The fourth-order valence-corrected chi connectivity index (χ4v) is 3.79. The molecule has 2 aromatic heterocycles. The number of nitrogens with zero attached hydrogens (tertiary/aromatic N) is 5. The van der Waals surface area contributed by atoms with E-state index in [1.54, 1.807) is 11.7 Å². The molecule has 2 fully saturated rings. The highest BCUT2D eigenvalue weighted by Gasteiger charge is 2.47. The van der Waals surface area contributed by atoms with Gasteiger partial charge in [-0.3, -0.25) is 19.9 Å². The van der Waals surface area contributed by atoms with E-state index in [2.05, 4.69) is 30.8 Å². The van der Waals surface area contributed by atoms with Crippen LogP contribution in [0.4, 0.5) is 5.95 Å². The van der Waals surface area contributed by atoms with Crippen molar-refractivity contribution in [1.82, 2.24) is 25.3 Å². The van der Waals surface area contributed by atoms with Crippen LogP contribution in [0.15, 0.2) is 36.9 Å². The molecule has 2 aromatic rings. The maximum atomic E-state index is 11.3. The second-order valence-corrected chi connectivity index (χ2v) is 6.89. The lowest BCUT2D eigenvalue weighted by Crippen LogP contribution is -2.56. The fraction of sp³-hybridized carbons (Fsp3) is 0.412. The van der Waals surface area contributed by atoms with E-state index in [9.17, 15) is 4.79 Å². The third-order valence-corrected chi connectivity index (χ3v) is 4.97. The molecule has 2 aliphatic rings. The molecule has 1 spiro atoms. The van der Waals surface area contributed by atoms with Crippen LogP contribution in [-0.4, -0.2) is 57.1 Å². The average molecular weight is 377 g/mol. The van der Waals surface area contributed by atoms with Gasteiger partial charge in [-0.25, -0.2) is 15.4 Å². The van der Waals surface area contributed by atoms with Gasteiger partial charge in [-0.05, 0) is 18.1 Å². The summed E-state index contributed by atoms with van der Waals surface area (Å²) in [5.74, 6) is 0.0338. The zero-order valence-corrected chi connectivity index (χ0v) is 15.0. The van der Waals surface area contributed by atoms with Gasteiger partial charge in [0.2, 0.25) is 5.95 Å². The van der Waals surface area contributed by atoms with Crippen molar-refractivity contribution in [3.63, 3.8) is 0 Å².